The van der Waals surface area contributed by atoms with Crippen LogP contribution < -0.4 is 5.56 Å². The Hall–Kier alpha value is -2.90. The van der Waals surface area contributed by atoms with Gasteiger partial charge in [0.1, 0.15) is 0 Å². The van der Waals surface area contributed by atoms with Crippen LogP contribution in [0, 0.1) is 6.92 Å². The van der Waals surface area contributed by atoms with Crippen LogP contribution in [0.5, 0.6) is 0 Å². The summed E-state index contributed by atoms with van der Waals surface area (Å²) in [6.45, 7) is 3.49. The van der Waals surface area contributed by atoms with Gasteiger partial charge in [-0.15, -0.1) is 0 Å². The molecule has 1 fully saturated rings. The summed E-state index contributed by atoms with van der Waals surface area (Å²) < 4.78 is 6.52. The van der Waals surface area contributed by atoms with Crippen LogP contribution >= 0.6 is 0 Å². The van der Waals surface area contributed by atoms with Crippen molar-refractivity contribution in [1.29, 1.82) is 0 Å². The molecule has 0 radical (unpaired) electrons. The molecule has 0 unspecified atom stereocenters. The molecule has 1 saturated heterocycles. The number of carbonyl (C=O) groups excluding carboxylic acids is 2. The fraction of sp³-hybridized carbons (Fsp3) is 0.412. The van der Waals surface area contributed by atoms with E-state index < -0.39 is 0 Å². The predicted molar refractivity (Wildman–Crippen MR) is 89.1 cm³/mol. The highest BCUT2D eigenvalue weighted by Gasteiger charge is 2.26. The molecule has 132 valence electrons. The Morgan fingerprint density at radius 3 is 2.52 bits per heavy atom. The fourth-order valence-corrected chi connectivity index (χ4v) is 2.84. The molecule has 1 aliphatic heterocycles. The van der Waals surface area contributed by atoms with Crippen LogP contribution in [0.25, 0.3) is 0 Å². The summed E-state index contributed by atoms with van der Waals surface area (Å²) in [5.41, 5.74) is 0.846. The van der Waals surface area contributed by atoms with E-state index in [9.17, 15) is 14.4 Å². The van der Waals surface area contributed by atoms with Crippen molar-refractivity contribution < 1.29 is 14.0 Å². The summed E-state index contributed by atoms with van der Waals surface area (Å²) in [5.74, 6) is 0.0508. The number of rotatable bonds is 3. The maximum Gasteiger partial charge on any atom is 0.289 e. The van der Waals surface area contributed by atoms with Crippen LogP contribution in [0.1, 0.15) is 21.8 Å². The first kappa shape index (κ1) is 16.9. The Bertz CT molecular complexity index is 833. The Morgan fingerprint density at radius 1 is 1.20 bits per heavy atom. The lowest BCUT2D eigenvalue weighted by Crippen LogP contribution is -2.51. The number of aromatic nitrogens is 2. The van der Waals surface area contributed by atoms with Gasteiger partial charge in [-0.25, -0.2) is 4.98 Å². The molecule has 0 N–H and O–H groups in total. The SMILES string of the molecule is Cc1c(CC(=O)N2CCN(C(=O)c3ccco3)CC2)ncn(C)c1=O. The lowest BCUT2D eigenvalue weighted by molar-refractivity contribution is -0.132. The Kier molecular flexibility index (Phi) is 4.69. The third-order valence-corrected chi connectivity index (χ3v) is 4.43. The monoisotopic (exact) mass is 344 g/mol. The van der Waals surface area contributed by atoms with Gasteiger partial charge < -0.3 is 18.8 Å². The van der Waals surface area contributed by atoms with Gasteiger partial charge in [0.25, 0.3) is 11.5 Å². The van der Waals surface area contributed by atoms with E-state index in [-0.39, 0.29) is 23.8 Å². The minimum atomic E-state index is -0.166. The number of furan rings is 1. The van der Waals surface area contributed by atoms with Crippen LogP contribution in [0.15, 0.2) is 33.9 Å². The molecular weight excluding hydrogens is 324 g/mol. The van der Waals surface area contributed by atoms with E-state index in [0.717, 1.165) is 0 Å². The van der Waals surface area contributed by atoms with Gasteiger partial charge in [-0.1, -0.05) is 0 Å². The summed E-state index contributed by atoms with van der Waals surface area (Å²) in [7, 11) is 1.63. The molecule has 2 amide bonds. The normalized spacial score (nSPS) is 14.6. The molecule has 8 heteroatoms. The Balaban J connectivity index is 1.60. The lowest BCUT2D eigenvalue weighted by Gasteiger charge is -2.34. The molecule has 0 spiro atoms. The molecule has 3 heterocycles. The van der Waals surface area contributed by atoms with Crippen molar-refractivity contribution in [3.63, 3.8) is 0 Å². The first-order valence-electron chi connectivity index (χ1n) is 8.09. The maximum absolute atomic E-state index is 12.5. The maximum atomic E-state index is 12.5. The van der Waals surface area contributed by atoms with Crippen molar-refractivity contribution in [2.24, 2.45) is 7.05 Å². The van der Waals surface area contributed by atoms with Gasteiger partial charge in [0.05, 0.1) is 24.7 Å². The molecule has 8 nitrogen and oxygen atoms in total. The zero-order valence-electron chi connectivity index (χ0n) is 14.3. The van der Waals surface area contributed by atoms with Crippen molar-refractivity contribution >= 4 is 11.8 Å². The quantitative estimate of drug-likeness (QED) is 0.794. The Morgan fingerprint density at radius 2 is 1.88 bits per heavy atom. The highest BCUT2D eigenvalue weighted by Crippen LogP contribution is 2.11. The summed E-state index contributed by atoms with van der Waals surface area (Å²) in [4.78, 5) is 44.2. The van der Waals surface area contributed by atoms with Crippen molar-refractivity contribution in [1.82, 2.24) is 19.4 Å². The third-order valence-electron chi connectivity index (χ3n) is 4.43. The lowest BCUT2D eigenvalue weighted by atomic mass is 10.1. The van der Waals surface area contributed by atoms with E-state index in [4.69, 9.17) is 4.42 Å². The van der Waals surface area contributed by atoms with E-state index >= 15 is 0 Å². The van der Waals surface area contributed by atoms with Crippen LogP contribution in [-0.2, 0) is 18.3 Å². The number of piperazine rings is 1. The summed E-state index contributed by atoms with van der Waals surface area (Å²) >= 11 is 0. The van der Waals surface area contributed by atoms with Gasteiger partial charge in [0, 0.05) is 38.8 Å². The van der Waals surface area contributed by atoms with E-state index in [1.807, 2.05) is 0 Å². The molecule has 2 aromatic heterocycles. The second-order valence-corrected chi connectivity index (χ2v) is 6.06. The Labute approximate surface area is 144 Å². The molecule has 0 bridgehead atoms. The van der Waals surface area contributed by atoms with E-state index in [0.29, 0.717) is 43.2 Å². The van der Waals surface area contributed by atoms with Gasteiger partial charge in [-0.3, -0.25) is 14.4 Å². The first-order valence-corrected chi connectivity index (χ1v) is 8.09. The van der Waals surface area contributed by atoms with Gasteiger partial charge >= 0.3 is 0 Å². The second kappa shape index (κ2) is 6.92. The number of nitrogens with zero attached hydrogens (tertiary/aromatic N) is 4. The number of aryl methyl sites for hydroxylation is 1. The highest BCUT2D eigenvalue weighted by molar-refractivity contribution is 5.91. The van der Waals surface area contributed by atoms with Crippen molar-refractivity contribution in [3.8, 4) is 0 Å². The van der Waals surface area contributed by atoms with Crippen molar-refractivity contribution in [3.05, 3.63) is 52.1 Å². The van der Waals surface area contributed by atoms with Crippen molar-refractivity contribution in [2.45, 2.75) is 13.3 Å². The van der Waals surface area contributed by atoms with Crippen LogP contribution in [0.2, 0.25) is 0 Å². The topological polar surface area (TPSA) is 88.7 Å². The van der Waals surface area contributed by atoms with Crippen molar-refractivity contribution in [2.75, 3.05) is 26.2 Å². The number of hydrogen-bond acceptors (Lipinski definition) is 5. The average Bonchev–Trinajstić information content (AvgIpc) is 3.16. The number of amides is 2. The molecule has 1 aliphatic rings. The fourth-order valence-electron chi connectivity index (χ4n) is 2.84. The smallest absolute Gasteiger partial charge is 0.289 e. The molecular formula is C17H20N4O4. The highest BCUT2D eigenvalue weighted by atomic mass is 16.3. The molecule has 0 atom stereocenters. The average molecular weight is 344 g/mol. The molecule has 0 aliphatic carbocycles. The summed E-state index contributed by atoms with van der Waals surface area (Å²) in [5, 5.41) is 0. The zero-order chi connectivity index (χ0) is 18.0. The molecule has 25 heavy (non-hydrogen) atoms. The molecule has 3 rings (SSSR count). The molecule has 2 aromatic rings. The van der Waals surface area contributed by atoms with Crippen LogP contribution in [0.3, 0.4) is 0 Å². The van der Waals surface area contributed by atoms with E-state index in [2.05, 4.69) is 4.98 Å². The predicted octanol–water partition coefficient (Wildman–Crippen LogP) is 0.209. The largest absolute Gasteiger partial charge is 0.459 e. The van der Waals surface area contributed by atoms with E-state index in [1.165, 1.54) is 17.2 Å². The minimum absolute atomic E-state index is 0.0889. The van der Waals surface area contributed by atoms with Crippen LogP contribution in [-0.4, -0.2) is 57.3 Å². The van der Waals surface area contributed by atoms with Gasteiger partial charge in [-0.2, -0.15) is 0 Å². The minimum Gasteiger partial charge on any atom is -0.459 e. The molecule has 0 aromatic carbocycles. The third kappa shape index (κ3) is 3.47. The summed E-state index contributed by atoms with van der Waals surface area (Å²) in [6.07, 6.45) is 2.98. The molecule has 0 saturated carbocycles. The zero-order valence-corrected chi connectivity index (χ0v) is 14.3. The number of hydrogen-bond donors (Lipinski definition) is 0. The van der Waals surface area contributed by atoms with E-state index in [1.54, 1.807) is 35.9 Å². The first-order chi connectivity index (χ1) is 12.0. The standard InChI is InChI=1S/C17H20N4O4/c1-12-13(18-11-19(2)16(12)23)10-15(22)20-5-7-21(8-6-20)17(24)14-4-3-9-25-14/h3-4,9,11H,5-8,10H2,1-2H3. The number of carbonyl (C=O) groups is 2. The second-order valence-electron chi connectivity index (χ2n) is 6.06. The van der Waals surface area contributed by atoms with Gasteiger partial charge in [0.15, 0.2) is 5.76 Å². The van der Waals surface area contributed by atoms with Gasteiger partial charge in [-0.05, 0) is 19.1 Å². The van der Waals surface area contributed by atoms with Crippen LogP contribution in [0.4, 0.5) is 0 Å². The summed E-state index contributed by atoms with van der Waals surface area (Å²) in [6, 6.07) is 3.30. The van der Waals surface area contributed by atoms with Gasteiger partial charge in [0.2, 0.25) is 5.91 Å².